The molecule has 1 aromatic heterocycles. The highest BCUT2D eigenvalue weighted by Gasteiger charge is 2.32. The number of fused-ring (bicyclic) bond motifs is 1. The van der Waals surface area contributed by atoms with Gasteiger partial charge in [0.1, 0.15) is 4.21 Å². The molecule has 1 heterocycles. The lowest BCUT2D eigenvalue weighted by molar-refractivity contribution is 0.102. The van der Waals surface area contributed by atoms with Gasteiger partial charge in [-0.15, -0.1) is 11.3 Å². The quantitative estimate of drug-likeness (QED) is 0.588. The number of nitrogens with one attached hydrogen (secondary N) is 2. The zero-order chi connectivity index (χ0) is 21.4. The fourth-order valence-electron chi connectivity index (χ4n) is 3.08. The normalized spacial score (nSPS) is 16.6. The lowest BCUT2D eigenvalue weighted by Crippen LogP contribution is -2.35. The van der Waals surface area contributed by atoms with Gasteiger partial charge in [-0.25, -0.2) is 16.8 Å². The maximum absolute atomic E-state index is 12.9. The molecule has 0 unspecified atom stereocenters. The van der Waals surface area contributed by atoms with Gasteiger partial charge in [-0.05, 0) is 35.2 Å². The molecule has 0 amide bonds. The van der Waals surface area contributed by atoms with Crippen LogP contribution in [0.2, 0.25) is 0 Å². The zero-order valence-corrected chi connectivity index (χ0v) is 17.8. The largest absolute Gasteiger partial charge is 0.287 e. The molecule has 3 aromatic rings. The average Bonchev–Trinajstić information content (AvgIpc) is 3.28. The van der Waals surface area contributed by atoms with Crippen LogP contribution >= 0.6 is 11.3 Å². The van der Waals surface area contributed by atoms with E-state index in [1.54, 1.807) is 47.8 Å². The number of hydrogen-bond acceptors (Lipinski definition) is 6. The molecule has 10 heteroatoms. The highest BCUT2D eigenvalue weighted by molar-refractivity contribution is 7.91. The van der Waals surface area contributed by atoms with Crippen LogP contribution in [0.3, 0.4) is 0 Å². The van der Waals surface area contributed by atoms with Crippen LogP contribution in [0, 0.1) is 0 Å². The lowest BCUT2D eigenvalue weighted by Gasteiger charge is -2.24. The van der Waals surface area contributed by atoms with Crippen molar-refractivity contribution in [1.82, 2.24) is 9.44 Å². The van der Waals surface area contributed by atoms with Crippen LogP contribution in [0.1, 0.15) is 22.0 Å². The average molecular weight is 461 g/mol. The van der Waals surface area contributed by atoms with Crippen molar-refractivity contribution in [2.45, 2.75) is 15.1 Å². The van der Waals surface area contributed by atoms with Crippen molar-refractivity contribution in [2.24, 2.45) is 0 Å². The van der Waals surface area contributed by atoms with Crippen molar-refractivity contribution < 1.29 is 21.6 Å². The molecule has 0 bridgehead atoms. The standard InChI is InChI=1S/C20H16N2O5S3/c23-20-16-10-5-4-9-15(16)17(21-30(26,27)19-11-6-12-28-19)13-18(20)22-29(24,25)14-7-2-1-3-8-14/h1-13,17,21-22H/t17-/m1/s1. The van der Waals surface area contributed by atoms with E-state index in [1.807, 2.05) is 0 Å². The van der Waals surface area contributed by atoms with Crippen molar-refractivity contribution >= 4 is 37.2 Å². The molecule has 0 saturated carbocycles. The summed E-state index contributed by atoms with van der Waals surface area (Å²) in [6.45, 7) is 0. The Morgan fingerprint density at radius 1 is 0.800 bits per heavy atom. The first-order valence-corrected chi connectivity index (χ1v) is 12.6. The second-order valence-corrected chi connectivity index (χ2v) is 11.0. The maximum Gasteiger partial charge on any atom is 0.262 e. The van der Waals surface area contributed by atoms with E-state index in [0.29, 0.717) is 5.56 Å². The van der Waals surface area contributed by atoms with Crippen molar-refractivity contribution in [3.05, 3.63) is 95.0 Å². The highest BCUT2D eigenvalue weighted by atomic mass is 32.2. The van der Waals surface area contributed by atoms with Gasteiger partial charge in [-0.3, -0.25) is 9.52 Å². The van der Waals surface area contributed by atoms with E-state index in [9.17, 15) is 21.6 Å². The predicted octanol–water partition coefficient (Wildman–Crippen LogP) is 2.83. The number of carbonyl (C=O) groups is 1. The van der Waals surface area contributed by atoms with Crippen LogP contribution < -0.4 is 9.44 Å². The Hall–Kier alpha value is -2.79. The van der Waals surface area contributed by atoms with Gasteiger partial charge in [-0.2, -0.15) is 4.72 Å². The summed E-state index contributed by atoms with van der Waals surface area (Å²) in [7, 11) is -7.88. The minimum absolute atomic E-state index is 0.00623. The van der Waals surface area contributed by atoms with Crippen molar-refractivity contribution in [2.75, 3.05) is 0 Å². The molecule has 0 saturated heterocycles. The fourth-order valence-corrected chi connectivity index (χ4v) is 6.33. The summed E-state index contributed by atoms with van der Waals surface area (Å²) in [5, 5.41) is 1.64. The van der Waals surface area contributed by atoms with Crippen molar-refractivity contribution in [3.8, 4) is 0 Å². The second-order valence-electron chi connectivity index (χ2n) is 6.45. The van der Waals surface area contributed by atoms with E-state index in [4.69, 9.17) is 0 Å². The van der Waals surface area contributed by atoms with E-state index in [2.05, 4.69) is 9.44 Å². The Labute approximate surface area is 178 Å². The number of rotatable bonds is 6. The summed E-state index contributed by atoms with van der Waals surface area (Å²) in [5.41, 5.74) is 0.464. The molecular formula is C20H16N2O5S3. The molecular weight excluding hydrogens is 444 g/mol. The molecule has 0 spiro atoms. The van der Waals surface area contributed by atoms with Gasteiger partial charge < -0.3 is 0 Å². The minimum atomic E-state index is -4.02. The summed E-state index contributed by atoms with van der Waals surface area (Å²) < 4.78 is 55.8. The second kappa shape index (κ2) is 7.80. The number of allylic oxidation sites excluding steroid dienone is 1. The van der Waals surface area contributed by atoms with Crippen molar-refractivity contribution in [1.29, 1.82) is 0 Å². The first-order chi connectivity index (χ1) is 14.3. The summed E-state index contributed by atoms with van der Waals surface area (Å²) in [6, 6.07) is 16.3. The first-order valence-electron chi connectivity index (χ1n) is 8.77. The molecule has 1 atom stereocenters. The molecule has 0 radical (unpaired) electrons. The number of sulfonamides is 2. The summed E-state index contributed by atoms with van der Waals surface area (Å²) in [6.07, 6.45) is 1.29. The Morgan fingerprint density at radius 2 is 1.50 bits per heavy atom. The van der Waals surface area contributed by atoms with E-state index >= 15 is 0 Å². The third kappa shape index (κ3) is 3.94. The molecule has 1 aliphatic carbocycles. The van der Waals surface area contributed by atoms with Gasteiger partial charge in [0.25, 0.3) is 20.0 Å². The Balaban J connectivity index is 1.73. The van der Waals surface area contributed by atoms with Gasteiger partial charge in [-0.1, -0.05) is 48.5 Å². The van der Waals surface area contributed by atoms with Gasteiger partial charge in [0.2, 0.25) is 5.78 Å². The predicted molar refractivity (Wildman–Crippen MR) is 113 cm³/mol. The van der Waals surface area contributed by atoms with Crippen LogP contribution in [-0.4, -0.2) is 22.6 Å². The van der Waals surface area contributed by atoms with Crippen LogP contribution in [0.15, 0.2) is 93.0 Å². The van der Waals surface area contributed by atoms with Crippen molar-refractivity contribution in [3.63, 3.8) is 0 Å². The molecule has 0 fully saturated rings. The van der Waals surface area contributed by atoms with Gasteiger partial charge in [0.15, 0.2) is 0 Å². The molecule has 4 rings (SSSR count). The number of Topliss-reactive ketones (excluding diaryl/α,β-unsaturated/α-hetero) is 1. The maximum atomic E-state index is 12.9. The highest BCUT2D eigenvalue weighted by Crippen LogP contribution is 2.30. The van der Waals surface area contributed by atoms with Gasteiger partial charge in [0, 0.05) is 5.56 Å². The molecule has 30 heavy (non-hydrogen) atoms. The summed E-state index contributed by atoms with van der Waals surface area (Å²) >= 11 is 1.06. The van der Waals surface area contributed by atoms with Crippen LogP contribution in [-0.2, 0) is 20.0 Å². The van der Waals surface area contributed by atoms with Gasteiger partial charge >= 0.3 is 0 Å². The summed E-state index contributed by atoms with van der Waals surface area (Å²) in [5.74, 6) is -0.531. The van der Waals surface area contributed by atoms with Gasteiger partial charge in [0.05, 0.1) is 16.6 Å². The number of benzene rings is 2. The molecule has 0 aliphatic heterocycles. The number of hydrogen-bond donors (Lipinski definition) is 2. The third-order valence-corrected chi connectivity index (χ3v) is 8.68. The Kier molecular flexibility index (Phi) is 5.33. The molecule has 2 aromatic carbocycles. The number of thiophene rings is 1. The Bertz CT molecular complexity index is 1330. The van der Waals surface area contributed by atoms with E-state index in [-0.39, 0.29) is 20.4 Å². The smallest absolute Gasteiger partial charge is 0.262 e. The number of ketones is 1. The lowest BCUT2D eigenvalue weighted by atomic mass is 9.91. The van der Waals surface area contributed by atoms with Crippen LogP contribution in [0.4, 0.5) is 0 Å². The molecule has 7 nitrogen and oxygen atoms in total. The Morgan fingerprint density at radius 3 is 2.20 bits per heavy atom. The first kappa shape index (κ1) is 20.5. The summed E-state index contributed by atoms with van der Waals surface area (Å²) in [4.78, 5) is 12.9. The zero-order valence-electron chi connectivity index (χ0n) is 15.3. The molecule has 154 valence electrons. The topological polar surface area (TPSA) is 109 Å². The SMILES string of the molecule is O=C1C(NS(=O)(=O)c2ccccc2)=C[C@@H](NS(=O)(=O)c2cccs2)c2ccccc21. The minimum Gasteiger partial charge on any atom is -0.287 e. The van der Waals surface area contributed by atoms with E-state index < -0.39 is 31.9 Å². The molecule has 1 aliphatic rings. The monoisotopic (exact) mass is 460 g/mol. The third-order valence-electron chi connectivity index (χ3n) is 4.46. The van der Waals surface area contributed by atoms with E-state index in [1.165, 1.54) is 30.3 Å². The number of carbonyl (C=O) groups excluding carboxylic acids is 1. The van der Waals surface area contributed by atoms with E-state index in [0.717, 1.165) is 11.3 Å². The van der Waals surface area contributed by atoms with Crippen LogP contribution in [0.5, 0.6) is 0 Å². The van der Waals surface area contributed by atoms with Crippen LogP contribution in [0.25, 0.3) is 0 Å². The fraction of sp³-hybridized carbons (Fsp3) is 0.0500. The molecule has 2 N–H and O–H groups in total.